The van der Waals surface area contributed by atoms with Gasteiger partial charge in [0.2, 0.25) is 0 Å². The van der Waals surface area contributed by atoms with Crippen LogP contribution in [-0.4, -0.2) is 33.2 Å². The number of hydrogen-bond acceptors (Lipinski definition) is 5. The van der Waals surface area contributed by atoms with Crippen molar-refractivity contribution in [2.45, 2.75) is 0 Å². The van der Waals surface area contributed by atoms with E-state index in [2.05, 4.69) is 0 Å². The van der Waals surface area contributed by atoms with Gasteiger partial charge < -0.3 is 26.8 Å². The Kier molecular flexibility index (Phi) is 5.67. The minimum Gasteiger partial charge on any atom is -0.478 e. The summed E-state index contributed by atoms with van der Waals surface area (Å²) in [5.41, 5.74) is 11.1. The Morgan fingerprint density at radius 2 is 1.13 bits per heavy atom. The average Bonchev–Trinajstić information content (AvgIpc) is 2.47. The predicted molar refractivity (Wildman–Crippen MR) is 82.6 cm³/mol. The second-order valence-electron chi connectivity index (χ2n) is 4.34. The van der Waals surface area contributed by atoms with Crippen LogP contribution < -0.4 is 11.5 Å². The highest BCUT2D eigenvalue weighted by Gasteiger charge is 2.15. The van der Waals surface area contributed by atoms with Crippen molar-refractivity contribution < 1.29 is 29.7 Å². The smallest absolute Gasteiger partial charge is 0.336 e. The molecule has 0 spiro atoms. The SMILES string of the molecule is Nc1ccc(C(=O)O)c(C(=O)O)c1.Nc1ccc(C(=O)O)cc1. The van der Waals surface area contributed by atoms with Crippen molar-refractivity contribution in [2.24, 2.45) is 0 Å². The summed E-state index contributed by atoms with van der Waals surface area (Å²) in [6.07, 6.45) is 0. The summed E-state index contributed by atoms with van der Waals surface area (Å²) in [4.78, 5) is 31.4. The maximum atomic E-state index is 10.6. The van der Waals surface area contributed by atoms with E-state index in [1.54, 1.807) is 12.1 Å². The van der Waals surface area contributed by atoms with Crippen LogP contribution in [0.2, 0.25) is 0 Å². The van der Waals surface area contributed by atoms with Crippen molar-refractivity contribution in [3.8, 4) is 0 Å². The van der Waals surface area contributed by atoms with Gasteiger partial charge >= 0.3 is 17.9 Å². The van der Waals surface area contributed by atoms with Gasteiger partial charge in [0.1, 0.15) is 0 Å². The number of nitrogen functional groups attached to an aromatic ring is 2. The number of benzene rings is 2. The summed E-state index contributed by atoms with van der Waals surface area (Å²) >= 11 is 0. The number of aromatic carboxylic acids is 3. The highest BCUT2D eigenvalue weighted by atomic mass is 16.4. The summed E-state index contributed by atoms with van der Waals surface area (Å²) in [7, 11) is 0. The first-order valence-electron chi connectivity index (χ1n) is 6.17. The molecule has 2 aromatic carbocycles. The zero-order chi connectivity index (χ0) is 17.6. The van der Waals surface area contributed by atoms with Crippen LogP contribution in [0, 0.1) is 0 Å². The monoisotopic (exact) mass is 318 g/mol. The molecule has 0 unspecified atom stereocenters. The lowest BCUT2D eigenvalue weighted by molar-refractivity contribution is 0.0651. The molecule has 0 saturated carbocycles. The summed E-state index contributed by atoms with van der Waals surface area (Å²) in [6, 6.07) is 9.69. The lowest BCUT2D eigenvalue weighted by Gasteiger charge is -2.01. The predicted octanol–water partition coefficient (Wildman–Crippen LogP) is 1.63. The Morgan fingerprint density at radius 1 is 0.652 bits per heavy atom. The average molecular weight is 318 g/mol. The molecule has 7 N–H and O–H groups in total. The molecule has 0 bridgehead atoms. The van der Waals surface area contributed by atoms with Crippen molar-refractivity contribution >= 4 is 29.3 Å². The second kappa shape index (κ2) is 7.46. The van der Waals surface area contributed by atoms with E-state index < -0.39 is 17.9 Å². The lowest BCUT2D eigenvalue weighted by atomic mass is 10.1. The number of rotatable bonds is 3. The molecule has 0 aromatic heterocycles. The van der Waals surface area contributed by atoms with Gasteiger partial charge in [-0.25, -0.2) is 14.4 Å². The van der Waals surface area contributed by atoms with E-state index >= 15 is 0 Å². The molecule has 8 nitrogen and oxygen atoms in total. The Bertz CT molecular complexity index is 740. The zero-order valence-corrected chi connectivity index (χ0v) is 11.8. The molecule has 23 heavy (non-hydrogen) atoms. The molecule has 0 fully saturated rings. The molecule has 0 aliphatic rings. The second-order valence-corrected chi connectivity index (χ2v) is 4.34. The van der Waals surface area contributed by atoms with Crippen molar-refractivity contribution in [1.82, 2.24) is 0 Å². The highest BCUT2D eigenvalue weighted by Crippen LogP contribution is 2.13. The third kappa shape index (κ3) is 5.05. The lowest BCUT2D eigenvalue weighted by Crippen LogP contribution is -2.08. The standard InChI is InChI=1S/C8H7NO4.C7H7NO2/c9-4-1-2-5(7(10)11)6(3-4)8(12)13;8-6-3-1-5(2-4-6)7(9)10/h1-3H,9H2,(H,10,11)(H,12,13);1-4H,8H2,(H,9,10). The number of carboxylic acid groups (broad SMARTS) is 3. The molecule has 0 heterocycles. The van der Waals surface area contributed by atoms with Crippen LogP contribution in [0.3, 0.4) is 0 Å². The van der Waals surface area contributed by atoms with Crippen LogP contribution in [0.4, 0.5) is 11.4 Å². The summed E-state index contributed by atoms with van der Waals surface area (Å²) < 4.78 is 0. The van der Waals surface area contributed by atoms with Gasteiger partial charge in [0, 0.05) is 11.4 Å². The molecule has 0 aliphatic carbocycles. The fraction of sp³-hybridized carbons (Fsp3) is 0. The number of carbonyl (C=O) groups is 3. The van der Waals surface area contributed by atoms with Gasteiger partial charge in [-0.3, -0.25) is 0 Å². The maximum absolute atomic E-state index is 10.6. The summed E-state index contributed by atoms with van der Waals surface area (Å²) in [6.45, 7) is 0. The van der Waals surface area contributed by atoms with E-state index in [4.69, 9.17) is 26.8 Å². The minimum absolute atomic E-state index is 0.224. The molecule has 2 rings (SSSR count). The van der Waals surface area contributed by atoms with Crippen molar-refractivity contribution in [3.63, 3.8) is 0 Å². The first-order valence-corrected chi connectivity index (χ1v) is 6.17. The Hall–Kier alpha value is -3.55. The Labute approximate surface area is 130 Å². The van der Waals surface area contributed by atoms with Crippen LogP contribution in [0.15, 0.2) is 42.5 Å². The summed E-state index contributed by atoms with van der Waals surface area (Å²) in [5.74, 6) is -3.51. The topological polar surface area (TPSA) is 164 Å². The molecular formula is C15H14N2O6. The van der Waals surface area contributed by atoms with E-state index in [0.717, 1.165) is 6.07 Å². The number of anilines is 2. The van der Waals surface area contributed by atoms with Gasteiger partial charge in [-0.05, 0) is 42.5 Å². The van der Waals surface area contributed by atoms with Crippen molar-refractivity contribution in [3.05, 3.63) is 59.2 Å². The maximum Gasteiger partial charge on any atom is 0.336 e. The molecule has 0 radical (unpaired) electrons. The Morgan fingerprint density at radius 3 is 1.57 bits per heavy atom. The Balaban J connectivity index is 0.000000238. The number of hydrogen-bond donors (Lipinski definition) is 5. The van der Waals surface area contributed by atoms with E-state index in [9.17, 15) is 14.4 Å². The quantitative estimate of drug-likeness (QED) is 0.533. The number of carboxylic acids is 3. The first kappa shape index (κ1) is 17.5. The van der Waals surface area contributed by atoms with Gasteiger partial charge in [0.15, 0.2) is 0 Å². The van der Waals surface area contributed by atoms with Crippen molar-refractivity contribution in [2.75, 3.05) is 11.5 Å². The van der Waals surface area contributed by atoms with Crippen LogP contribution in [0.5, 0.6) is 0 Å². The first-order chi connectivity index (χ1) is 10.7. The van der Waals surface area contributed by atoms with Crippen LogP contribution in [0.1, 0.15) is 31.1 Å². The van der Waals surface area contributed by atoms with Gasteiger partial charge in [-0.2, -0.15) is 0 Å². The molecule has 0 amide bonds. The fourth-order valence-corrected chi connectivity index (χ4v) is 1.55. The third-order valence-electron chi connectivity index (χ3n) is 2.66. The molecule has 0 aliphatic heterocycles. The van der Waals surface area contributed by atoms with Gasteiger partial charge in [0.25, 0.3) is 0 Å². The molecular weight excluding hydrogens is 304 g/mol. The van der Waals surface area contributed by atoms with E-state index in [-0.39, 0.29) is 22.4 Å². The highest BCUT2D eigenvalue weighted by molar-refractivity contribution is 6.02. The van der Waals surface area contributed by atoms with Crippen LogP contribution in [-0.2, 0) is 0 Å². The van der Waals surface area contributed by atoms with Gasteiger partial charge in [0.05, 0.1) is 16.7 Å². The van der Waals surface area contributed by atoms with Gasteiger partial charge in [-0.15, -0.1) is 0 Å². The fourth-order valence-electron chi connectivity index (χ4n) is 1.55. The van der Waals surface area contributed by atoms with E-state index in [1.165, 1.54) is 24.3 Å². The van der Waals surface area contributed by atoms with Crippen molar-refractivity contribution in [1.29, 1.82) is 0 Å². The molecule has 120 valence electrons. The molecule has 8 heteroatoms. The number of nitrogens with two attached hydrogens (primary N) is 2. The molecule has 2 aromatic rings. The van der Waals surface area contributed by atoms with E-state index in [0.29, 0.717) is 5.69 Å². The third-order valence-corrected chi connectivity index (χ3v) is 2.66. The van der Waals surface area contributed by atoms with Gasteiger partial charge in [-0.1, -0.05) is 0 Å². The zero-order valence-electron chi connectivity index (χ0n) is 11.8. The largest absolute Gasteiger partial charge is 0.478 e. The summed E-state index contributed by atoms with van der Waals surface area (Å²) in [5, 5.41) is 25.7. The molecule has 0 atom stereocenters. The minimum atomic E-state index is -1.30. The normalized spacial score (nSPS) is 9.39. The van der Waals surface area contributed by atoms with Crippen LogP contribution in [0.25, 0.3) is 0 Å². The molecule has 0 saturated heterocycles. The van der Waals surface area contributed by atoms with Crippen LogP contribution >= 0.6 is 0 Å². The van der Waals surface area contributed by atoms with E-state index in [1.807, 2.05) is 0 Å².